The predicted octanol–water partition coefficient (Wildman–Crippen LogP) is 1.41. The minimum Gasteiger partial charge on any atom is -0.341 e. The van der Waals surface area contributed by atoms with E-state index in [1.54, 1.807) is 6.07 Å². The maximum Gasteiger partial charge on any atom is 0.253 e. The van der Waals surface area contributed by atoms with Gasteiger partial charge in [-0.25, -0.2) is 8.42 Å². The van der Waals surface area contributed by atoms with Crippen LogP contribution < -0.4 is 5.73 Å². The lowest BCUT2D eigenvalue weighted by Gasteiger charge is -2.27. The molecule has 3 aliphatic rings. The molecule has 8 heteroatoms. The first kappa shape index (κ1) is 17.5. The second kappa shape index (κ2) is 6.33. The lowest BCUT2D eigenvalue weighted by Crippen LogP contribution is -2.47. The van der Waals surface area contributed by atoms with E-state index < -0.39 is 16.1 Å². The third-order valence-corrected chi connectivity index (χ3v) is 9.37. The fraction of sp³-hybridized carbons (Fsp3) is 0.706. The van der Waals surface area contributed by atoms with Crippen molar-refractivity contribution in [3.63, 3.8) is 0 Å². The molecule has 6 nitrogen and oxygen atoms in total. The first-order valence-electron chi connectivity index (χ1n) is 9.00. The minimum atomic E-state index is -3.59. The third-order valence-electron chi connectivity index (χ3n) is 5.99. The molecule has 0 aromatic carbocycles. The number of hydrogen-bond donors (Lipinski definition) is 1. The molecule has 4 rings (SSSR count). The summed E-state index contributed by atoms with van der Waals surface area (Å²) < 4.78 is 27.7. The number of carbonyl (C=O) groups is 1. The van der Waals surface area contributed by atoms with Gasteiger partial charge in [-0.05, 0) is 56.6 Å². The molecular weight excluding hydrogens is 358 g/mol. The van der Waals surface area contributed by atoms with Gasteiger partial charge in [-0.1, -0.05) is 0 Å². The van der Waals surface area contributed by atoms with E-state index >= 15 is 0 Å². The molecule has 1 aromatic heterocycles. The van der Waals surface area contributed by atoms with Gasteiger partial charge in [0.25, 0.3) is 10.0 Å². The summed E-state index contributed by atoms with van der Waals surface area (Å²) in [4.78, 5) is 15.9. The second-order valence-corrected chi connectivity index (χ2v) is 11.0. The maximum absolute atomic E-state index is 13.1. The van der Waals surface area contributed by atoms with Crippen LogP contribution in [0.15, 0.2) is 16.3 Å². The number of fused-ring (bicyclic) bond motifs is 1. The molecule has 1 amide bonds. The average molecular weight is 384 g/mol. The molecule has 0 radical (unpaired) electrons. The highest BCUT2D eigenvalue weighted by atomic mass is 32.2. The zero-order chi connectivity index (χ0) is 17.8. The summed E-state index contributed by atoms with van der Waals surface area (Å²) in [5.74, 6) is 0.844. The average Bonchev–Trinajstić information content (AvgIpc) is 3.31. The van der Waals surface area contributed by atoms with Crippen molar-refractivity contribution in [3.8, 4) is 0 Å². The van der Waals surface area contributed by atoms with Gasteiger partial charge in [0.2, 0.25) is 5.91 Å². The largest absolute Gasteiger partial charge is 0.341 e. The normalized spacial score (nSPS) is 33.1. The molecule has 3 fully saturated rings. The summed E-state index contributed by atoms with van der Waals surface area (Å²) in [6, 6.07) is 3.09. The van der Waals surface area contributed by atoms with Crippen molar-refractivity contribution >= 4 is 27.3 Å². The number of hydrogen-bond acceptors (Lipinski definition) is 5. The van der Waals surface area contributed by atoms with Gasteiger partial charge in [0.15, 0.2) is 0 Å². The molecule has 1 aliphatic carbocycles. The zero-order valence-electron chi connectivity index (χ0n) is 14.4. The van der Waals surface area contributed by atoms with Crippen LogP contribution in [-0.2, 0) is 14.8 Å². The summed E-state index contributed by atoms with van der Waals surface area (Å²) in [7, 11) is -3.59. The molecule has 2 N–H and O–H groups in total. The Morgan fingerprint density at radius 2 is 2.04 bits per heavy atom. The van der Waals surface area contributed by atoms with Crippen LogP contribution in [0.2, 0.25) is 0 Å². The highest BCUT2D eigenvalue weighted by Crippen LogP contribution is 2.38. The molecular formula is C17H25N3O3S2. The van der Waals surface area contributed by atoms with E-state index in [1.165, 1.54) is 15.6 Å². The summed E-state index contributed by atoms with van der Waals surface area (Å²) in [6.07, 6.45) is 3.47. The Bertz CT molecular complexity index is 776. The Morgan fingerprint density at radius 3 is 2.72 bits per heavy atom. The number of rotatable bonds is 3. The highest BCUT2D eigenvalue weighted by Gasteiger charge is 2.47. The Hall–Kier alpha value is -0.960. The number of amides is 1. The number of aryl methyl sites for hydroxylation is 1. The van der Waals surface area contributed by atoms with E-state index in [4.69, 9.17) is 5.73 Å². The van der Waals surface area contributed by atoms with Crippen molar-refractivity contribution in [2.75, 3.05) is 19.6 Å². The molecule has 25 heavy (non-hydrogen) atoms. The summed E-state index contributed by atoms with van der Waals surface area (Å²) in [5.41, 5.74) is 6.17. The molecule has 4 unspecified atom stereocenters. The van der Waals surface area contributed by atoms with Crippen LogP contribution in [0, 0.1) is 18.8 Å². The Balaban J connectivity index is 1.53. The van der Waals surface area contributed by atoms with E-state index in [-0.39, 0.29) is 11.9 Å². The van der Waals surface area contributed by atoms with Crippen molar-refractivity contribution in [1.29, 1.82) is 0 Å². The predicted molar refractivity (Wildman–Crippen MR) is 96.7 cm³/mol. The Labute approximate surface area is 153 Å². The van der Waals surface area contributed by atoms with Crippen molar-refractivity contribution in [2.45, 2.75) is 48.9 Å². The minimum absolute atomic E-state index is 0.0315. The maximum atomic E-state index is 13.1. The number of nitrogens with zero attached hydrogens (tertiary/aromatic N) is 2. The van der Waals surface area contributed by atoms with E-state index in [0.717, 1.165) is 30.7 Å². The molecule has 2 aliphatic heterocycles. The number of likely N-dealkylation sites (tertiary alicyclic amines) is 1. The number of carbonyl (C=O) groups excluding carboxylic acids is 1. The van der Waals surface area contributed by atoms with Crippen LogP contribution >= 0.6 is 11.3 Å². The molecule has 1 aromatic rings. The number of thiophene rings is 1. The molecule has 2 saturated heterocycles. The summed E-state index contributed by atoms with van der Waals surface area (Å²) in [6.45, 7) is 3.74. The van der Waals surface area contributed by atoms with Crippen LogP contribution in [0.25, 0.3) is 0 Å². The molecule has 3 heterocycles. The van der Waals surface area contributed by atoms with Crippen molar-refractivity contribution in [1.82, 2.24) is 9.21 Å². The Morgan fingerprint density at radius 1 is 1.24 bits per heavy atom. The third kappa shape index (κ3) is 2.93. The first-order chi connectivity index (χ1) is 11.9. The van der Waals surface area contributed by atoms with Gasteiger partial charge in [0, 0.05) is 30.6 Å². The van der Waals surface area contributed by atoms with E-state index in [0.29, 0.717) is 35.6 Å². The van der Waals surface area contributed by atoms with Crippen LogP contribution in [0.3, 0.4) is 0 Å². The van der Waals surface area contributed by atoms with Crippen LogP contribution in [-0.4, -0.2) is 55.2 Å². The van der Waals surface area contributed by atoms with Gasteiger partial charge in [-0.2, -0.15) is 4.31 Å². The number of nitrogens with two attached hydrogens (primary N) is 1. The van der Waals surface area contributed by atoms with Crippen LogP contribution in [0.5, 0.6) is 0 Å². The zero-order valence-corrected chi connectivity index (χ0v) is 16.1. The summed E-state index contributed by atoms with van der Waals surface area (Å²) >= 11 is 1.27. The molecule has 1 saturated carbocycles. The quantitative estimate of drug-likeness (QED) is 0.855. The van der Waals surface area contributed by atoms with E-state index in [2.05, 4.69) is 0 Å². The van der Waals surface area contributed by atoms with Gasteiger partial charge < -0.3 is 10.6 Å². The van der Waals surface area contributed by atoms with Crippen molar-refractivity contribution in [3.05, 3.63) is 17.0 Å². The molecule has 0 bridgehead atoms. The first-order valence-corrected chi connectivity index (χ1v) is 11.3. The highest BCUT2D eigenvalue weighted by molar-refractivity contribution is 7.91. The van der Waals surface area contributed by atoms with Gasteiger partial charge in [0.05, 0.1) is 0 Å². The monoisotopic (exact) mass is 383 g/mol. The second-order valence-electron chi connectivity index (χ2n) is 7.55. The lowest BCUT2D eigenvalue weighted by molar-refractivity contribution is -0.133. The lowest BCUT2D eigenvalue weighted by atomic mass is 9.98. The topological polar surface area (TPSA) is 83.7 Å². The van der Waals surface area contributed by atoms with E-state index in [1.807, 2.05) is 17.9 Å². The fourth-order valence-electron chi connectivity index (χ4n) is 4.64. The standard InChI is InChI=1S/C17H25N3O3S2/c1-11-4-7-16(24-11)25(22,23)20-8-2-3-15(20)17(21)19-9-12-5-6-14(18)13(12)10-19/h4,7,12-15H,2-3,5-6,8-10,18H2,1H3. The SMILES string of the molecule is Cc1ccc(S(=O)(=O)N2CCCC2C(=O)N2CC3CCC(N)C3C2)s1. The van der Waals surface area contributed by atoms with Crippen molar-refractivity contribution in [2.24, 2.45) is 17.6 Å². The molecule has 0 spiro atoms. The number of sulfonamides is 1. The molecule has 4 atom stereocenters. The van der Waals surface area contributed by atoms with Crippen molar-refractivity contribution < 1.29 is 13.2 Å². The summed E-state index contributed by atoms with van der Waals surface area (Å²) in [5, 5.41) is 0. The van der Waals surface area contributed by atoms with Crippen LogP contribution in [0.1, 0.15) is 30.6 Å². The van der Waals surface area contributed by atoms with Gasteiger partial charge in [-0.15, -0.1) is 11.3 Å². The van der Waals surface area contributed by atoms with Gasteiger partial charge in [0.1, 0.15) is 10.3 Å². The Kier molecular flexibility index (Phi) is 4.42. The fourth-order valence-corrected chi connectivity index (χ4v) is 7.70. The van der Waals surface area contributed by atoms with Gasteiger partial charge in [-0.3, -0.25) is 4.79 Å². The van der Waals surface area contributed by atoms with Gasteiger partial charge >= 0.3 is 0 Å². The van der Waals surface area contributed by atoms with Crippen LogP contribution in [0.4, 0.5) is 0 Å². The molecule has 138 valence electrons. The van der Waals surface area contributed by atoms with E-state index in [9.17, 15) is 13.2 Å². The smallest absolute Gasteiger partial charge is 0.253 e.